The first-order valence-electron chi connectivity index (χ1n) is 4.96. The van der Waals surface area contributed by atoms with Gasteiger partial charge in [-0.05, 0) is 32.9 Å². The first-order valence-corrected chi connectivity index (χ1v) is 4.96. The molecule has 14 heavy (non-hydrogen) atoms. The van der Waals surface area contributed by atoms with Gasteiger partial charge in [-0.1, -0.05) is 0 Å². The van der Waals surface area contributed by atoms with Crippen molar-refractivity contribution in [1.29, 1.82) is 5.26 Å². The zero-order chi connectivity index (χ0) is 9.97. The van der Waals surface area contributed by atoms with Crippen LogP contribution in [0.5, 0.6) is 0 Å². The van der Waals surface area contributed by atoms with Gasteiger partial charge in [-0.25, -0.2) is 4.98 Å². The number of aromatic nitrogens is 2. The van der Waals surface area contributed by atoms with E-state index in [-0.39, 0.29) is 6.04 Å². The summed E-state index contributed by atoms with van der Waals surface area (Å²) in [7, 11) is 0. The quantitative estimate of drug-likeness (QED) is 0.766. The van der Waals surface area contributed by atoms with E-state index >= 15 is 0 Å². The molecule has 74 valence electrons. The molecule has 1 N–H and O–H groups in total. The van der Waals surface area contributed by atoms with Crippen molar-refractivity contribution in [1.82, 2.24) is 14.9 Å². The summed E-state index contributed by atoms with van der Waals surface area (Å²) in [6, 6.07) is 2.19. The molecule has 4 nitrogen and oxygen atoms in total. The van der Waals surface area contributed by atoms with Crippen molar-refractivity contribution in [2.75, 3.05) is 13.1 Å². The number of aryl methyl sites for hydroxylation is 1. The first-order chi connectivity index (χ1) is 6.81. The molecule has 1 aromatic rings. The van der Waals surface area contributed by atoms with Crippen LogP contribution in [0.15, 0.2) is 6.20 Å². The Kier molecular flexibility index (Phi) is 2.51. The fourth-order valence-corrected chi connectivity index (χ4v) is 1.93. The zero-order valence-electron chi connectivity index (χ0n) is 8.32. The largest absolute Gasteiger partial charge is 0.344 e. The Morgan fingerprint density at radius 1 is 1.57 bits per heavy atom. The van der Waals surface area contributed by atoms with Crippen LogP contribution in [0.2, 0.25) is 0 Å². The van der Waals surface area contributed by atoms with Crippen molar-refractivity contribution in [3.8, 4) is 6.07 Å². The lowest BCUT2D eigenvalue weighted by molar-refractivity contribution is 0.290. The van der Waals surface area contributed by atoms with E-state index in [0.717, 1.165) is 24.6 Å². The van der Waals surface area contributed by atoms with Gasteiger partial charge in [0.05, 0.1) is 18.0 Å². The van der Waals surface area contributed by atoms with Crippen LogP contribution in [-0.4, -0.2) is 28.0 Å². The van der Waals surface area contributed by atoms with Gasteiger partial charge in [0.25, 0.3) is 0 Å². The molecule has 1 unspecified atom stereocenters. The van der Waals surface area contributed by atoms with Crippen LogP contribution in [0.3, 0.4) is 0 Å². The van der Waals surface area contributed by atoms with Crippen LogP contribution in [0.4, 0.5) is 0 Å². The highest BCUT2D eigenvalue weighted by Gasteiger charge is 2.24. The minimum Gasteiger partial charge on any atom is -0.344 e. The Hall–Kier alpha value is -1.34. The molecule has 1 saturated heterocycles. The second kappa shape index (κ2) is 3.81. The highest BCUT2D eigenvalue weighted by Crippen LogP contribution is 2.22. The van der Waals surface area contributed by atoms with Gasteiger partial charge < -0.3 is 4.98 Å². The molecule has 0 aliphatic carbocycles. The maximum absolute atomic E-state index is 9.11. The molecule has 1 atom stereocenters. The van der Waals surface area contributed by atoms with Crippen molar-refractivity contribution in [2.24, 2.45) is 0 Å². The molecule has 0 bridgehead atoms. The summed E-state index contributed by atoms with van der Waals surface area (Å²) in [4.78, 5) is 9.45. The van der Waals surface area contributed by atoms with Crippen LogP contribution in [-0.2, 0) is 0 Å². The predicted octanol–water partition coefficient (Wildman–Crippen LogP) is 1.38. The fourth-order valence-electron chi connectivity index (χ4n) is 1.93. The highest BCUT2D eigenvalue weighted by atomic mass is 15.2. The number of nitriles is 1. The summed E-state index contributed by atoms with van der Waals surface area (Å²) in [6.45, 7) is 3.95. The third-order valence-electron chi connectivity index (χ3n) is 2.65. The fraction of sp³-hybridized carbons (Fsp3) is 0.600. The molecular formula is C10H14N4. The van der Waals surface area contributed by atoms with Crippen LogP contribution < -0.4 is 0 Å². The van der Waals surface area contributed by atoms with E-state index in [4.69, 9.17) is 5.26 Å². The number of H-pyrrole nitrogens is 1. The standard InChI is InChI=1S/C10H14N4/c1-8-12-7-9(13-8)10(6-11)14-4-2-3-5-14/h7,10H,2-5H2,1H3,(H,12,13). The summed E-state index contributed by atoms with van der Waals surface area (Å²) >= 11 is 0. The molecule has 1 aliphatic heterocycles. The first kappa shape index (κ1) is 9.22. The second-order valence-corrected chi connectivity index (χ2v) is 3.70. The summed E-state index contributed by atoms with van der Waals surface area (Å²) in [5, 5.41) is 9.11. The van der Waals surface area contributed by atoms with Crippen LogP contribution >= 0.6 is 0 Å². The van der Waals surface area contributed by atoms with E-state index in [2.05, 4.69) is 20.9 Å². The molecule has 0 aromatic carbocycles. The highest BCUT2D eigenvalue weighted by molar-refractivity contribution is 5.14. The van der Waals surface area contributed by atoms with E-state index in [9.17, 15) is 0 Å². The molecule has 0 radical (unpaired) electrons. The number of hydrogen-bond acceptors (Lipinski definition) is 3. The molecule has 2 rings (SSSR count). The number of nitrogens with one attached hydrogen (secondary N) is 1. The Morgan fingerprint density at radius 3 is 2.79 bits per heavy atom. The lowest BCUT2D eigenvalue weighted by atomic mass is 10.2. The third kappa shape index (κ3) is 1.64. The molecule has 0 amide bonds. The molecular weight excluding hydrogens is 176 g/mol. The lowest BCUT2D eigenvalue weighted by Crippen LogP contribution is -2.24. The van der Waals surface area contributed by atoms with Crippen molar-refractivity contribution in [2.45, 2.75) is 25.8 Å². The maximum atomic E-state index is 9.11. The maximum Gasteiger partial charge on any atom is 0.140 e. The van der Waals surface area contributed by atoms with E-state index in [0.29, 0.717) is 0 Å². The lowest BCUT2D eigenvalue weighted by Gasteiger charge is -2.19. The topological polar surface area (TPSA) is 55.7 Å². The summed E-state index contributed by atoms with van der Waals surface area (Å²) in [5.74, 6) is 0.874. The van der Waals surface area contributed by atoms with Crippen LogP contribution in [0.25, 0.3) is 0 Å². The molecule has 0 spiro atoms. The predicted molar refractivity (Wildman–Crippen MR) is 52.5 cm³/mol. The number of aromatic amines is 1. The molecule has 0 saturated carbocycles. The zero-order valence-corrected chi connectivity index (χ0v) is 8.32. The number of imidazole rings is 1. The Bertz CT molecular complexity index is 343. The molecule has 2 heterocycles. The van der Waals surface area contributed by atoms with Crippen LogP contribution in [0, 0.1) is 18.3 Å². The minimum atomic E-state index is -0.140. The molecule has 1 aliphatic rings. The Balaban J connectivity index is 2.17. The summed E-state index contributed by atoms with van der Waals surface area (Å²) in [5.41, 5.74) is 0.923. The van der Waals surface area contributed by atoms with E-state index in [1.807, 2.05) is 6.92 Å². The van der Waals surface area contributed by atoms with Crippen molar-refractivity contribution in [3.05, 3.63) is 17.7 Å². The normalized spacial score (nSPS) is 19.4. The smallest absolute Gasteiger partial charge is 0.140 e. The Morgan fingerprint density at radius 2 is 2.29 bits per heavy atom. The van der Waals surface area contributed by atoms with Gasteiger partial charge in [0.2, 0.25) is 0 Å². The van der Waals surface area contributed by atoms with Gasteiger partial charge in [0.1, 0.15) is 11.9 Å². The monoisotopic (exact) mass is 190 g/mol. The van der Waals surface area contributed by atoms with Gasteiger partial charge >= 0.3 is 0 Å². The van der Waals surface area contributed by atoms with Crippen LogP contribution in [0.1, 0.15) is 30.4 Å². The van der Waals surface area contributed by atoms with Gasteiger partial charge in [-0.2, -0.15) is 5.26 Å². The van der Waals surface area contributed by atoms with Crippen molar-refractivity contribution < 1.29 is 0 Å². The number of nitrogens with zero attached hydrogens (tertiary/aromatic N) is 3. The SMILES string of the molecule is Cc1ncc(C(C#N)N2CCCC2)[nH]1. The Labute approximate surface area is 83.6 Å². The van der Waals surface area contributed by atoms with Gasteiger partial charge in [0.15, 0.2) is 0 Å². The van der Waals surface area contributed by atoms with E-state index in [1.54, 1.807) is 6.20 Å². The summed E-state index contributed by atoms with van der Waals surface area (Å²) in [6.07, 6.45) is 4.16. The van der Waals surface area contributed by atoms with Crippen molar-refractivity contribution in [3.63, 3.8) is 0 Å². The minimum absolute atomic E-state index is 0.140. The van der Waals surface area contributed by atoms with Gasteiger partial charge in [-0.3, -0.25) is 4.90 Å². The van der Waals surface area contributed by atoms with Gasteiger partial charge in [-0.15, -0.1) is 0 Å². The summed E-state index contributed by atoms with van der Waals surface area (Å²) < 4.78 is 0. The van der Waals surface area contributed by atoms with Crippen molar-refractivity contribution >= 4 is 0 Å². The third-order valence-corrected chi connectivity index (χ3v) is 2.65. The average molecular weight is 190 g/mol. The van der Waals surface area contributed by atoms with Gasteiger partial charge in [0, 0.05) is 0 Å². The molecule has 4 heteroatoms. The average Bonchev–Trinajstić information content (AvgIpc) is 2.79. The molecule has 1 aromatic heterocycles. The van der Waals surface area contributed by atoms with E-state index < -0.39 is 0 Å². The van der Waals surface area contributed by atoms with E-state index in [1.165, 1.54) is 12.8 Å². The number of likely N-dealkylation sites (tertiary alicyclic amines) is 1. The second-order valence-electron chi connectivity index (χ2n) is 3.70. The number of rotatable bonds is 2. The molecule has 1 fully saturated rings. The number of hydrogen-bond donors (Lipinski definition) is 1.